The van der Waals surface area contributed by atoms with Crippen molar-refractivity contribution in [1.82, 2.24) is 9.91 Å². The first-order chi connectivity index (χ1) is 12.6. The van der Waals surface area contributed by atoms with E-state index in [2.05, 4.69) is 47.5 Å². The molecular weight excluding hydrogens is 322 g/mol. The number of piperidine rings is 1. The Kier molecular flexibility index (Phi) is 4.21. The molecule has 0 radical (unpaired) electrons. The van der Waals surface area contributed by atoms with E-state index >= 15 is 0 Å². The van der Waals surface area contributed by atoms with Crippen molar-refractivity contribution in [3.8, 4) is 0 Å². The predicted octanol–water partition coefficient (Wildman–Crippen LogP) is 2.94. The normalized spacial score (nSPS) is 23.7. The lowest BCUT2D eigenvalue weighted by atomic mass is 9.83. The first-order valence-corrected chi connectivity index (χ1v) is 8.84. The molecule has 1 fully saturated rings. The van der Waals surface area contributed by atoms with E-state index in [1.54, 1.807) is 0 Å². The van der Waals surface area contributed by atoms with Crippen LogP contribution in [0.15, 0.2) is 71.3 Å². The predicted molar refractivity (Wildman–Crippen MR) is 106 cm³/mol. The molecule has 1 saturated heterocycles. The van der Waals surface area contributed by atoms with E-state index in [9.17, 15) is 0 Å². The van der Waals surface area contributed by atoms with Gasteiger partial charge in [-0.1, -0.05) is 60.7 Å². The van der Waals surface area contributed by atoms with Crippen molar-refractivity contribution in [3.05, 3.63) is 77.4 Å². The number of likely N-dealkylation sites (tertiary alicyclic amines) is 1. The lowest BCUT2D eigenvalue weighted by molar-refractivity contribution is 0.226. The first-order valence-electron chi connectivity index (χ1n) is 8.84. The Hall–Kier alpha value is -3.08. The number of guanidine groups is 1. The second-order valence-corrected chi connectivity index (χ2v) is 6.87. The van der Waals surface area contributed by atoms with Crippen LogP contribution in [0.4, 0.5) is 0 Å². The van der Waals surface area contributed by atoms with Gasteiger partial charge in [-0.3, -0.25) is 10.4 Å². The van der Waals surface area contributed by atoms with Crippen LogP contribution in [-0.4, -0.2) is 41.7 Å². The number of nitrogens with one attached hydrogen (secondary N) is 1. The van der Waals surface area contributed by atoms with E-state index in [0.717, 1.165) is 16.8 Å². The molecule has 5 heteroatoms. The van der Waals surface area contributed by atoms with Gasteiger partial charge in [0, 0.05) is 26.1 Å². The highest BCUT2D eigenvalue weighted by Gasteiger charge is 2.42. The summed E-state index contributed by atoms with van der Waals surface area (Å²) in [6.07, 6.45) is 2.17. The number of hydrogen-bond donors (Lipinski definition) is 2. The maximum absolute atomic E-state index is 7.95. The van der Waals surface area contributed by atoms with Crippen LogP contribution in [0.5, 0.6) is 0 Å². The van der Waals surface area contributed by atoms with Gasteiger partial charge in [-0.25, -0.2) is 0 Å². The molecule has 2 unspecified atom stereocenters. The Morgan fingerprint density at radius 2 is 1.77 bits per heavy atom. The van der Waals surface area contributed by atoms with Gasteiger partial charge in [0.25, 0.3) is 0 Å². The van der Waals surface area contributed by atoms with Crippen LogP contribution < -0.4 is 5.73 Å². The van der Waals surface area contributed by atoms with Gasteiger partial charge in [-0.05, 0) is 22.8 Å². The van der Waals surface area contributed by atoms with E-state index in [4.69, 9.17) is 16.2 Å². The number of fused-ring (bicyclic) bond motifs is 1. The maximum atomic E-state index is 7.95. The highest BCUT2D eigenvalue weighted by molar-refractivity contribution is 6.08. The van der Waals surface area contributed by atoms with E-state index in [1.807, 2.05) is 36.2 Å². The van der Waals surface area contributed by atoms with Crippen molar-refractivity contribution in [1.29, 1.82) is 5.41 Å². The zero-order valence-corrected chi connectivity index (χ0v) is 14.8. The minimum Gasteiger partial charge on any atom is -0.370 e. The van der Waals surface area contributed by atoms with Crippen LogP contribution in [-0.2, 0) is 0 Å². The van der Waals surface area contributed by atoms with Gasteiger partial charge in [0.05, 0.1) is 11.8 Å². The summed E-state index contributed by atoms with van der Waals surface area (Å²) in [4.78, 5) is 1.94. The Balaban J connectivity index is 1.74. The minimum atomic E-state index is 0.115. The monoisotopic (exact) mass is 345 g/mol. The van der Waals surface area contributed by atoms with Crippen molar-refractivity contribution >= 4 is 17.7 Å². The third-order valence-electron chi connectivity index (χ3n) is 5.13. The van der Waals surface area contributed by atoms with Crippen LogP contribution in [0.25, 0.3) is 6.08 Å². The molecule has 2 atom stereocenters. The molecule has 3 N–H and O–H groups in total. The minimum absolute atomic E-state index is 0.115. The average molecular weight is 345 g/mol. The Bertz CT molecular complexity index is 856. The Morgan fingerprint density at radius 1 is 1.12 bits per heavy atom. The van der Waals surface area contributed by atoms with Crippen molar-refractivity contribution in [3.63, 3.8) is 0 Å². The molecule has 0 bridgehead atoms. The van der Waals surface area contributed by atoms with E-state index < -0.39 is 0 Å². The highest BCUT2D eigenvalue weighted by Crippen LogP contribution is 2.39. The number of benzene rings is 2. The fourth-order valence-corrected chi connectivity index (χ4v) is 3.95. The summed E-state index contributed by atoms with van der Waals surface area (Å²) >= 11 is 0. The molecular formula is C21H23N5. The standard InChI is InChI=1S/C21H23N5/c1-25-20(16-10-6-3-7-11-16)18-14-26(21(22)23)13-17(19(18)24-25)12-15-8-4-2-5-9-15/h2-12,18,20H,13-14H2,1H3,(H3,22,23)/b17-12+. The summed E-state index contributed by atoms with van der Waals surface area (Å²) in [6.45, 7) is 1.33. The molecule has 2 aliphatic heterocycles. The summed E-state index contributed by atoms with van der Waals surface area (Å²) in [5.74, 6) is 0.305. The summed E-state index contributed by atoms with van der Waals surface area (Å²) in [5, 5.41) is 14.9. The van der Waals surface area contributed by atoms with Gasteiger partial charge in [-0.2, -0.15) is 5.10 Å². The summed E-state index contributed by atoms with van der Waals surface area (Å²) < 4.78 is 0. The van der Waals surface area contributed by atoms with E-state index in [1.165, 1.54) is 5.56 Å². The van der Waals surface area contributed by atoms with Gasteiger partial charge < -0.3 is 10.6 Å². The molecule has 5 nitrogen and oxygen atoms in total. The van der Waals surface area contributed by atoms with Crippen molar-refractivity contribution in [2.45, 2.75) is 6.04 Å². The largest absolute Gasteiger partial charge is 0.370 e. The fraction of sp³-hybridized carbons (Fsp3) is 0.238. The van der Waals surface area contributed by atoms with Crippen LogP contribution in [0, 0.1) is 11.3 Å². The summed E-state index contributed by atoms with van der Waals surface area (Å²) in [5.41, 5.74) is 10.5. The van der Waals surface area contributed by atoms with Gasteiger partial charge >= 0.3 is 0 Å². The molecule has 2 aromatic rings. The number of nitrogens with zero attached hydrogens (tertiary/aromatic N) is 3. The molecule has 0 spiro atoms. The Morgan fingerprint density at radius 3 is 2.42 bits per heavy atom. The SMILES string of the molecule is CN1N=C2/C(=C/c3ccccc3)CN(C(=N)N)CC2C1c1ccccc1. The van der Waals surface area contributed by atoms with Crippen LogP contribution in [0.2, 0.25) is 0 Å². The van der Waals surface area contributed by atoms with Crippen LogP contribution >= 0.6 is 0 Å². The third-order valence-corrected chi connectivity index (χ3v) is 5.13. The number of hydrogen-bond acceptors (Lipinski definition) is 3. The van der Waals surface area contributed by atoms with E-state index in [0.29, 0.717) is 13.1 Å². The molecule has 132 valence electrons. The molecule has 4 rings (SSSR count). The lowest BCUT2D eigenvalue weighted by Gasteiger charge is -2.36. The smallest absolute Gasteiger partial charge is 0.188 e. The Labute approximate surface area is 153 Å². The molecule has 0 saturated carbocycles. The zero-order chi connectivity index (χ0) is 18.1. The molecule has 0 amide bonds. The van der Waals surface area contributed by atoms with Gasteiger partial charge in [0.15, 0.2) is 5.96 Å². The van der Waals surface area contributed by atoms with Gasteiger partial charge in [0.2, 0.25) is 0 Å². The third kappa shape index (κ3) is 2.96. The molecule has 0 aliphatic carbocycles. The van der Waals surface area contributed by atoms with Crippen molar-refractivity contribution < 1.29 is 0 Å². The number of rotatable bonds is 2. The maximum Gasteiger partial charge on any atom is 0.188 e. The van der Waals surface area contributed by atoms with Crippen molar-refractivity contribution in [2.24, 2.45) is 16.8 Å². The summed E-state index contributed by atoms with van der Waals surface area (Å²) in [6, 6.07) is 20.9. The first kappa shape index (κ1) is 16.4. The molecule has 2 aromatic carbocycles. The quantitative estimate of drug-likeness (QED) is 0.649. The zero-order valence-electron chi connectivity index (χ0n) is 14.8. The average Bonchev–Trinajstić information content (AvgIpc) is 2.99. The topological polar surface area (TPSA) is 68.7 Å². The van der Waals surface area contributed by atoms with Crippen molar-refractivity contribution in [2.75, 3.05) is 20.1 Å². The highest BCUT2D eigenvalue weighted by atomic mass is 15.5. The second-order valence-electron chi connectivity index (χ2n) is 6.87. The lowest BCUT2D eigenvalue weighted by Crippen LogP contribution is -2.48. The molecule has 0 aromatic heterocycles. The second kappa shape index (κ2) is 6.67. The van der Waals surface area contributed by atoms with Gasteiger partial charge in [-0.15, -0.1) is 0 Å². The molecule has 2 aliphatic rings. The van der Waals surface area contributed by atoms with Crippen LogP contribution in [0.3, 0.4) is 0 Å². The number of hydrazone groups is 1. The van der Waals surface area contributed by atoms with Gasteiger partial charge in [0.1, 0.15) is 0 Å². The fourth-order valence-electron chi connectivity index (χ4n) is 3.95. The molecule has 2 heterocycles. The van der Waals surface area contributed by atoms with Crippen LogP contribution in [0.1, 0.15) is 17.2 Å². The number of nitrogens with two attached hydrogens (primary N) is 1. The molecule has 26 heavy (non-hydrogen) atoms. The summed E-state index contributed by atoms with van der Waals surface area (Å²) in [7, 11) is 2.03. The van der Waals surface area contributed by atoms with E-state index in [-0.39, 0.29) is 17.9 Å².